The molecule has 0 radical (unpaired) electrons. The third-order valence-corrected chi connectivity index (χ3v) is 7.08. The summed E-state index contributed by atoms with van der Waals surface area (Å²) in [5.74, 6) is 0.933. The maximum absolute atomic E-state index is 4.48. The van der Waals surface area contributed by atoms with Crippen LogP contribution in [-0.2, 0) is 0 Å². The van der Waals surface area contributed by atoms with Gasteiger partial charge in [0.05, 0.1) is 0 Å². The number of anilines is 1. The molecule has 0 saturated heterocycles. The lowest BCUT2D eigenvalue weighted by Crippen LogP contribution is -2.40. The van der Waals surface area contributed by atoms with E-state index in [0.29, 0.717) is 4.75 Å². The molecular formula is C12H16N4S3. The second-order valence-electron chi connectivity index (χ2n) is 4.65. The quantitative estimate of drug-likeness (QED) is 0.853. The van der Waals surface area contributed by atoms with Gasteiger partial charge >= 0.3 is 0 Å². The van der Waals surface area contributed by atoms with Crippen LogP contribution in [-0.4, -0.2) is 38.8 Å². The molecule has 0 aliphatic heterocycles. The third-order valence-electron chi connectivity index (χ3n) is 3.62. The van der Waals surface area contributed by atoms with Gasteiger partial charge in [-0.1, -0.05) is 18.2 Å². The van der Waals surface area contributed by atoms with Gasteiger partial charge in [0.15, 0.2) is 9.99 Å². The van der Waals surface area contributed by atoms with E-state index in [1.807, 2.05) is 18.0 Å². The minimum atomic E-state index is 0.407. The van der Waals surface area contributed by atoms with Gasteiger partial charge in [0, 0.05) is 11.3 Å². The number of hydrogen-bond donors (Lipinski definition) is 1. The van der Waals surface area contributed by atoms with E-state index in [0.717, 1.165) is 27.0 Å². The standard InChI is InChI=1S/C12H16N4S3/c1-17-11-16-10-8(19-11)9(14-7-15-10)13-6-12(18-2)4-3-5-12/h7H,3-6H2,1-2H3,(H,13,14,15). The van der Waals surface area contributed by atoms with Gasteiger partial charge in [0.2, 0.25) is 0 Å². The van der Waals surface area contributed by atoms with Crippen molar-refractivity contribution in [2.45, 2.75) is 28.3 Å². The van der Waals surface area contributed by atoms with E-state index in [9.17, 15) is 0 Å². The first-order valence-corrected chi connectivity index (χ1v) is 9.47. The number of rotatable bonds is 5. The van der Waals surface area contributed by atoms with Gasteiger partial charge in [-0.3, -0.25) is 0 Å². The minimum Gasteiger partial charge on any atom is -0.367 e. The summed E-state index contributed by atoms with van der Waals surface area (Å²) >= 11 is 5.29. The Morgan fingerprint density at radius 3 is 2.84 bits per heavy atom. The van der Waals surface area contributed by atoms with Crippen LogP contribution in [0.25, 0.3) is 10.3 Å². The van der Waals surface area contributed by atoms with Crippen LogP contribution in [0.5, 0.6) is 0 Å². The second kappa shape index (κ2) is 5.46. The Balaban J connectivity index is 1.82. The Kier molecular flexibility index (Phi) is 3.86. The molecule has 0 spiro atoms. The lowest BCUT2D eigenvalue weighted by molar-refractivity contribution is 0.380. The number of hydrogen-bond acceptors (Lipinski definition) is 7. The van der Waals surface area contributed by atoms with Crippen molar-refractivity contribution < 1.29 is 0 Å². The molecular weight excluding hydrogens is 296 g/mol. The molecule has 102 valence electrons. The molecule has 0 unspecified atom stereocenters. The molecule has 0 atom stereocenters. The number of thioether (sulfide) groups is 2. The maximum Gasteiger partial charge on any atom is 0.176 e. The summed E-state index contributed by atoms with van der Waals surface area (Å²) in [7, 11) is 0. The predicted molar refractivity (Wildman–Crippen MR) is 85.6 cm³/mol. The molecule has 1 fully saturated rings. The van der Waals surface area contributed by atoms with Gasteiger partial charge in [0.25, 0.3) is 0 Å². The summed E-state index contributed by atoms with van der Waals surface area (Å²) in [6.45, 7) is 0.979. The summed E-state index contributed by atoms with van der Waals surface area (Å²) in [4.78, 5) is 13.1. The fraction of sp³-hybridized carbons (Fsp3) is 0.583. The van der Waals surface area contributed by atoms with Crippen LogP contribution in [0.3, 0.4) is 0 Å². The van der Waals surface area contributed by atoms with Crippen molar-refractivity contribution in [2.75, 3.05) is 24.4 Å². The summed E-state index contributed by atoms with van der Waals surface area (Å²) in [5.41, 5.74) is 0.804. The van der Waals surface area contributed by atoms with Crippen LogP contribution < -0.4 is 5.32 Å². The number of fused-ring (bicyclic) bond motifs is 1. The minimum absolute atomic E-state index is 0.407. The van der Waals surface area contributed by atoms with Crippen molar-refractivity contribution in [3.05, 3.63) is 6.33 Å². The average Bonchev–Trinajstić information content (AvgIpc) is 2.81. The van der Waals surface area contributed by atoms with Gasteiger partial charge in [0.1, 0.15) is 16.8 Å². The van der Waals surface area contributed by atoms with Crippen molar-refractivity contribution >= 4 is 51.0 Å². The molecule has 1 N–H and O–H groups in total. The first-order valence-electron chi connectivity index (χ1n) is 6.21. The molecule has 7 heteroatoms. The largest absolute Gasteiger partial charge is 0.367 e. The SMILES string of the molecule is CSc1nc2ncnc(NCC3(SC)CCC3)c2s1. The van der Waals surface area contributed by atoms with E-state index < -0.39 is 0 Å². The van der Waals surface area contributed by atoms with Crippen molar-refractivity contribution in [2.24, 2.45) is 0 Å². The molecule has 1 aliphatic carbocycles. The Hall–Kier alpha value is -0.530. The van der Waals surface area contributed by atoms with E-state index in [2.05, 4.69) is 26.5 Å². The van der Waals surface area contributed by atoms with Gasteiger partial charge in [-0.2, -0.15) is 11.8 Å². The predicted octanol–water partition coefficient (Wildman–Crippen LogP) is 3.51. The van der Waals surface area contributed by atoms with Gasteiger partial charge in [-0.05, 0) is 25.4 Å². The highest BCUT2D eigenvalue weighted by molar-refractivity contribution is 8.00. The summed E-state index contributed by atoms with van der Waals surface area (Å²) in [6, 6.07) is 0. The number of aromatic nitrogens is 3. The van der Waals surface area contributed by atoms with Crippen LogP contribution in [0.4, 0.5) is 5.82 Å². The summed E-state index contributed by atoms with van der Waals surface area (Å²) < 4.78 is 2.52. The molecule has 1 saturated carbocycles. The maximum atomic E-state index is 4.48. The van der Waals surface area contributed by atoms with Crippen LogP contribution in [0.15, 0.2) is 10.7 Å². The molecule has 2 heterocycles. The zero-order valence-corrected chi connectivity index (χ0v) is 13.4. The normalized spacial score (nSPS) is 17.4. The highest BCUT2D eigenvalue weighted by atomic mass is 32.2. The van der Waals surface area contributed by atoms with Crippen molar-refractivity contribution in [3.8, 4) is 0 Å². The topological polar surface area (TPSA) is 50.7 Å². The summed E-state index contributed by atoms with van der Waals surface area (Å²) in [6.07, 6.45) is 9.78. The number of nitrogens with one attached hydrogen (secondary N) is 1. The van der Waals surface area contributed by atoms with Gasteiger partial charge < -0.3 is 5.32 Å². The van der Waals surface area contributed by atoms with E-state index in [1.54, 1.807) is 29.4 Å². The van der Waals surface area contributed by atoms with Crippen molar-refractivity contribution in [1.29, 1.82) is 0 Å². The Labute approximate surface area is 125 Å². The van der Waals surface area contributed by atoms with E-state index in [1.165, 1.54) is 19.3 Å². The van der Waals surface area contributed by atoms with Crippen LogP contribution in [0.1, 0.15) is 19.3 Å². The zero-order chi connectivity index (χ0) is 13.3. The van der Waals surface area contributed by atoms with Crippen molar-refractivity contribution in [3.63, 3.8) is 0 Å². The lowest BCUT2D eigenvalue weighted by Gasteiger charge is -2.40. The second-order valence-corrected chi connectivity index (χ2v) is 7.98. The first-order chi connectivity index (χ1) is 9.26. The first kappa shape index (κ1) is 13.5. The molecule has 4 nitrogen and oxygen atoms in total. The molecule has 2 aromatic rings. The van der Waals surface area contributed by atoms with E-state index in [-0.39, 0.29) is 0 Å². The highest BCUT2D eigenvalue weighted by Crippen LogP contribution is 2.43. The highest BCUT2D eigenvalue weighted by Gasteiger charge is 2.36. The average molecular weight is 312 g/mol. The molecule has 0 aromatic carbocycles. The van der Waals surface area contributed by atoms with E-state index in [4.69, 9.17) is 0 Å². The molecule has 0 bridgehead atoms. The van der Waals surface area contributed by atoms with Crippen LogP contribution in [0, 0.1) is 0 Å². The smallest absolute Gasteiger partial charge is 0.176 e. The van der Waals surface area contributed by atoms with Gasteiger partial charge in [-0.25, -0.2) is 15.0 Å². The Morgan fingerprint density at radius 1 is 1.37 bits per heavy atom. The Morgan fingerprint density at radius 2 is 2.21 bits per heavy atom. The number of thiazole rings is 1. The molecule has 0 amide bonds. The molecule has 1 aliphatic rings. The number of nitrogens with zero attached hydrogens (tertiary/aromatic N) is 3. The van der Waals surface area contributed by atoms with E-state index >= 15 is 0 Å². The zero-order valence-electron chi connectivity index (χ0n) is 11.0. The fourth-order valence-corrected chi connectivity index (χ4v) is 4.61. The van der Waals surface area contributed by atoms with Crippen molar-refractivity contribution in [1.82, 2.24) is 15.0 Å². The fourth-order valence-electron chi connectivity index (χ4n) is 2.22. The molecule has 3 rings (SSSR count). The Bertz CT molecular complexity index is 574. The van der Waals surface area contributed by atoms with Crippen LogP contribution in [0.2, 0.25) is 0 Å². The lowest BCUT2D eigenvalue weighted by atomic mass is 9.84. The molecule has 19 heavy (non-hydrogen) atoms. The summed E-state index contributed by atoms with van der Waals surface area (Å²) in [5, 5.41) is 3.51. The molecule has 2 aromatic heterocycles. The third kappa shape index (κ3) is 2.55. The monoisotopic (exact) mass is 312 g/mol. The van der Waals surface area contributed by atoms with Crippen LogP contribution >= 0.6 is 34.9 Å². The van der Waals surface area contributed by atoms with Gasteiger partial charge in [-0.15, -0.1) is 11.3 Å².